The van der Waals surface area contributed by atoms with Gasteiger partial charge in [-0.3, -0.25) is 4.79 Å². The van der Waals surface area contributed by atoms with Gasteiger partial charge in [-0.25, -0.2) is 0 Å². The maximum atomic E-state index is 11.9. The molecule has 0 aromatic carbocycles. The SMILES string of the molecule is CCCCC(CN)NC(=O)C1CC1(C)CC.Cl. The third-order valence-electron chi connectivity index (χ3n) is 4.01. The zero-order valence-corrected chi connectivity index (χ0v) is 12.1. The lowest BCUT2D eigenvalue weighted by Gasteiger charge is -2.17. The molecule has 1 rings (SSSR count). The zero-order valence-electron chi connectivity index (χ0n) is 11.3. The van der Waals surface area contributed by atoms with Crippen molar-refractivity contribution in [2.75, 3.05) is 6.54 Å². The predicted molar refractivity (Wildman–Crippen MR) is 74.3 cm³/mol. The largest absolute Gasteiger partial charge is 0.352 e. The normalized spacial score (nSPS) is 28.1. The Labute approximate surface area is 111 Å². The number of amides is 1. The highest BCUT2D eigenvalue weighted by atomic mass is 35.5. The molecule has 0 aromatic rings. The second-order valence-corrected chi connectivity index (χ2v) is 5.35. The molecular weight excluding hydrogens is 236 g/mol. The third kappa shape index (κ3) is 4.47. The molecule has 102 valence electrons. The molecular formula is C13H27ClN2O. The summed E-state index contributed by atoms with van der Waals surface area (Å²) in [5, 5.41) is 3.09. The molecule has 1 aliphatic rings. The van der Waals surface area contributed by atoms with Crippen LogP contribution in [0.15, 0.2) is 0 Å². The molecule has 0 aromatic heterocycles. The lowest BCUT2D eigenvalue weighted by molar-refractivity contribution is -0.123. The van der Waals surface area contributed by atoms with Gasteiger partial charge in [-0.2, -0.15) is 0 Å². The van der Waals surface area contributed by atoms with Crippen LogP contribution in [0.1, 0.15) is 52.9 Å². The van der Waals surface area contributed by atoms with Gasteiger partial charge in [0.15, 0.2) is 0 Å². The van der Waals surface area contributed by atoms with Crippen LogP contribution in [0.3, 0.4) is 0 Å². The van der Waals surface area contributed by atoms with Crippen molar-refractivity contribution >= 4 is 18.3 Å². The molecule has 0 bridgehead atoms. The Morgan fingerprint density at radius 1 is 1.53 bits per heavy atom. The van der Waals surface area contributed by atoms with Gasteiger partial charge in [0, 0.05) is 18.5 Å². The van der Waals surface area contributed by atoms with E-state index in [1.807, 2.05) is 0 Å². The number of nitrogens with one attached hydrogen (secondary N) is 1. The van der Waals surface area contributed by atoms with Crippen molar-refractivity contribution in [3.63, 3.8) is 0 Å². The summed E-state index contributed by atoms with van der Waals surface area (Å²) in [7, 11) is 0. The Balaban J connectivity index is 0.00000256. The van der Waals surface area contributed by atoms with E-state index in [-0.39, 0.29) is 35.7 Å². The van der Waals surface area contributed by atoms with E-state index in [0.29, 0.717) is 6.54 Å². The van der Waals surface area contributed by atoms with E-state index in [1.165, 1.54) is 0 Å². The van der Waals surface area contributed by atoms with Crippen LogP contribution in [0, 0.1) is 11.3 Å². The molecule has 3 N–H and O–H groups in total. The van der Waals surface area contributed by atoms with E-state index in [0.717, 1.165) is 32.1 Å². The molecule has 0 spiro atoms. The van der Waals surface area contributed by atoms with Gasteiger partial charge in [-0.1, -0.05) is 33.6 Å². The highest BCUT2D eigenvalue weighted by Crippen LogP contribution is 2.54. The molecule has 4 heteroatoms. The van der Waals surface area contributed by atoms with Gasteiger partial charge in [-0.15, -0.1) is 12.4 Å². The van der Waals surface area contributed by atoms with E-state index in [4.69, 9.17) is 5.73 Å². The lowest BCUT2D eigenvalue weighted by atomic mass is 10.0. The molecule has 1 saturated carbocycles. The van der Waals surface area contributed by atoms with Crippen LogP contribution in [-0.2, 0) is 4.79 Å². The number of unbranched alkanes of at least 4 members (excludes halogenated alkanes) is 1. The van der Waals surface area contributed by atoms with Crippen molar-refractivity contribution in [1.29, 1.82) is 0 Å². The van der Waals surface area contributed by atoms with Gasteiger partial charge >= 0.3 is 0 Å². The lowest BCUT2D eigenvalue weighted by Crippen LogP contribution is -2.41. The monoisotopic (exact) mass is 262 g/mol. The van der Waals surface area contributed by atoms with E-state index < -0.39 is 0 Å². The predicted octanol–water partition coefficient (Wildman–Crippen LogP) is 2.48. The van der Waals surface area contributed by atoms with Crippen molar-refractivity contribution in [3.8, 4) is 0 Å². The van der Waals surface area contributed by atoms with Gasteiger partial charge in [0.05, 0.1) is 0 Å². The van der Waals surface area contributed by atoms with Gasteiger partial charge in [0.25, 0.3) is 0 Å². The van der Waals surface area contributed by atoms with Gasteiger partial charge in [0.1, 0.15) is 0 Å². The summed E-state index contributed by atoms with van der Waals surface area (Å²) < 4.78 is 0. The maximum absolute atomic E-state index is 11.9. The molecule has 3 unspecified atom stereocenters. The standard InChI is InChI=1S/C13H26N2O.ClH/c1-4-6-7-10(9-14)15-12(16)11-8-13(11,3)5-2;/h10-11H,4-9,14H2,1-3H3,(H,15,16);1H. The highest BCUT2D eigenvalue weighted by Gasteiger charge is 2.52. The molecule has 1 fully saturated rings. The number of hydrogen-bond acceptors (Lipinski definition) is 2. The van der Waals surface area contributed by atoms with Crippen molar-refractivity contribution < 1.29 is 4.79 Å². The fourth-order valence-electron chi connectivity index (χ4n) is 2.21. The number of carbonyl (C=O) groups excluding carboxylic acids is 1. The molecule has 17 heavy (non-hydrogen) atoms. The molecule has 0 radical (unpaired) electrons. The first-order valence-electron chi connectivity index (χ1n) is 6.57. The first kappa shape index (κ1) is 16.7. The minimum absolute atomic E-state index is 0. The Morgan fingerprint density at radius 2 is 2.18 bits per heavy atom. The third-order valence-corrected chi connectivity index (χ3v) is 4.01. The van der Waals surface area contributed by atoms with Crippen LogP contribution >= 0.6 is 12.4 Å². The molecule has 3 nitrogen and oxygen atoms in total. The second kappa shape index (κ2) is 7.22. The number of nitrogens with two attached hydrogens (primary N) is 1. The summed E-state index contributed by atoms with van der Waals surface area (Å²) in [5.74, 6) is 0.448. The molecule has 0 saturated heterocycles. The van der Waals surface area contributed by atoms with Crippen LogP contribution in [0.2, 0.25) is 0 Å². The quantitative estimate of drug-likeness (QED) is 0.741. The fourth-order valence-corrected chi connectivity index (χ4v) is 2.21. The number of hydrogen-bond donors (Lipinski definition) is 2. The Morgan fingerprint density at radius 3 is 2.59 bits per heavy atom. The number of halogens is 1. The topological polar surface area (TPSA) is 55.1 Å². The average Bonchev–Trinajstić information content (AvgIpc) is 2.97. The Bertz CT molecular complexity index is 248. The van der Waals surface area contributed by atoms with E-state index in [1.54, 1.807) is 0 Å². The summed E-state index contributed by atoms with van der Waals surface area (Å²) >= 11 is 0. The van der Waals surface area contributed by atoms with Crippen LogP contribution in [-0.4, -0.2) is 18.5 Å². The van der Waals surface area contributed by atoms with Gasteiger partial charge < -0.3 is 11.1 Å². The summed E-state index contributed by atoms with van der Waals surface area (Å²) in [6.07, 6.45) is 5.43. The molecule has 1 amide bonds. The highest BCUT2D eigenvalue weighted by molar-refractivity contribution is 5.85. The summed E-state index contributed by atoms with van der Waals surface area (Å²) in [6.45, 7) is 7.07. The first-order chi connectivity index (χ1) is 7.57. The van der Waals surface area contributed by atoms with E-state index in [2.05, 4.69) is 26.1 Å². The fraction of sp³-hybridized carbons (Fsp3) is 0.923. The smallest absolute Gasteiger partial charge is 0.223 e. The minimum Gasteiger partial charge on any atom is -0.352 e. The molecule has 1 aliphatic carbocycles. The Hall–Kier alpha value is -0.280. The van der Waals surface area contributed by atoms with Crippen molar-refractivity contribution in [2.24, 2.45) is 17.1 Å². The van der Waals surface area contributed by atoms with Crippen LogP contribution in [0.4, 0.5) is 0 Å². The molecule has 0 heterocycles. The van der Waals surface area contributed by atoms with Crippen molar-refractivity contribution in [3.05, 3.63) is 0 Å². The van der Waals surface area contributed by atoms with E-state index >= 15 is 0 Å². The zero-order chi connectivity index (χ0) is 12.2. The molecule has 3 atom stereocenters. The average molecular weight is 263 g/mol. The van der Waals surface area contributed by atoms with Crippen LogP contribution < -0.4 is 11.1 Å². The first-order valence-corrected chi connectivity index (χ1v) is 6.57. The van der Waals surface area contributed by atoms with Crippen molar-refractivity contribution in [1.82, 2.24) is 5.32 Å². The van der Waals surface area contributed by atoms with E-state index in [9.17, 15) is 4.79 Å². The van der Waals surface area contributed by atoms with Crippen LogP contribution in [0.25, 0.3) is 0 Å². The second-order valence-electron chi connectivity index (χ2n) is 5.35. The van der Waals surface area contributed by atoms with Gasteiger partial charge in [0.2, 0.25) is 5.91 Å². The maximum Gasteiger partial charge on any atom is 0.223 e. The number of carbonyl (C=O) groups is 1. The number of rotatable bonds is 7. The summed E-state index contributed by atoms with van der Waals surface area (Å²) in [5.41, 5.74) is 5.93. The van der Waals surface area contributed by atoms with Crippen LogP contribution in [0.5, 0.6) is 0 Å². The van der Waals surface area contributed by atoms with Crippen molar-refractivity contribution in [2.45, 2.75) is 58.9 Å². The minimum atomic E-state index is 0. The summed E-state index contributed by atoms with van der Waals surface area (Å²) in [6, 6.07) is 0.175. The molecule has 0 aliphatic heterocycles. The van der Waals surface area contributed by atoms with Gasteiger partial charge in [-0.05, 0) is 24.7 Å². The summed E-state index contributed by atoms with van der Waals surface area (Å²) in [4.78, 5) is 11.9. The Kier molecular flexibility index (Phi) is 7.10.